The van der Waals surface area contributed by atoms with E-state index in [0.29, 0.717) is 31.6 Å². The third kappa shape index (κ3) is 13.2. The van der Waals surface area contributed by atoms with Gasteiger partial charge in [0, 0.05) is 75.5 Å². The van der Waals surface area contributed by atoms with Gasteiger partial charge in [0.1, 0.15) is 30.0 Å². The molecule has 72 heavy (non-hydrogen) atoms. The van der Waals surface area contributed by atoms with Crippen LogP contribution >= 0.6 is 0 Å². The lowest BCUT2D eigenvalue weighted by Gasteiger charge is -2.49. The van der Waals surface area contributed by atoms with Crippen molar-refractivity contribution in [2.24, 2.45) is 17.8 Å². The first-order valence-electron chi connectivity index (χ1n) is 26.3. The van der Waals surface area contributed by atoms with Crippen LogP contribution in [0, 0.1) is 17.8 Å². The van der Waals surface area contributed by atoms with E-state index in [9.17, 15) is 35.1 Å². The van der Waals surface area contributed by atoms with Gasteiger partial charge in [-0.15, -0.1) is 0 Å². The van der Waals surface area contributed by atoms with Gasteiger partial charge < -0.3 is 69.1 Å². The number of fused-ring (bicyclic) bond motifs is 1. The van der Waals surface area contributed by atoms with Crippen molar-refractivity contribution < 1.29 is 63.5 Å². The number of rotatable bonds is 13. The van der Waals surface area contributed by atoms with Gasteiger partial charge in [-0.05, 0) is 123 Å². The third-order valence-electron chi connectivity index (χ3n) is 16.4. The molecule has 0 aliphatic carbocycles. The minimum Gasteiger partial charge on any atom is -0.459 e. The molecule has 3 fully saturated rings. The van der Waals surface area contributed by atoms with Crippen LogP contribution in [0.5, 0.6) is 0 Å². The van der Waals surface area contributed by atoms with Crippen LogP contribution in [0.15, 0.2) is 48.5 Å². The molecule has 4 heterocycles. The van der Waals surface area contributed by atoms with Crippen LogP contribution < -0.4 is 10.2 Å². The van der Waals surface area contributed by atoms with Gasteiger partial charge in [0.15, 0.2) is 12.6 Å². The first kappa shape index (κ1) is 58.0. The zero-order chi connectivity index (χ0) is 53.0. The molecule has 3 saturated heterocycles. The lowest BCUT2D eigenvalue weighted by Crippen LogP contribution is -2.60. The average molecular weight is 1010 g/mol. The second-order valence-corrected chi connectivity index (χ2v) is 22.4. The smallest absolute Gasteiger partial charge is 0.311 e. The number of hydrogen-bond donors (Lipinski definition) is 6. The van der Waals surface area contributed by atoms with E-state index < -0.39 is 102 Å². The molecular weight excluding hydrogens is 925 g/mol. The van der Waals surface area contributed by atoms with Crippen molar-refractivity contribution in [2.75, 3.05) is 52.3 Å². The van der Waals surface area contributed by atoms with E-state index in [4.69, 9.17) is 28.4 Å². The Hall–Kier alpha value is -3.30. The molecule has 2 aromatic rings. The molecule has 0 radical (unpaired) electrons. The lowest BCUT2D eigenvalue weighted by molar-refractivity contribution is -0.318. The topological polar surface area (TPSA) is 212 Å². The van der Waals surface area contributed by atoms with Gasteiger partial charge >= 0.3 is 5.97 Å². The van der Waals surface area contributed by atoms with Crippen LogP contribution in [0.25, 0.3) is 0 Å². The minimum atomic E-state index is -1.84. The van der Waals surface area contributed by atoms with Crippen LogP contribution in [0.2, 0.25) is 0 Å². The monoisotopic (exact) mass is 1010 g/mol. The Morgan fingerprint density at radius 3 is 2.28 bits per heavy atom. The van der Waals surface area contributed by atoms with E-state index in [2.05, 4.69) is 28.4 Å². The molecule has 0 unspecified atom stereocenters. The highest BCUT2D eigenvalue weighted by molar-refractivity contribution is 5.94. The van der Waals surface area contributed by atoms with Crippen molar-refractivity contribution in [1.29, 1.82) is 0 Å². The van der Waals surface area contributed by atoms with Crippen molar-refractivity contribution in [1.82, 2.24) is 15.1 Å². The van der Waals surface area contributed by atoms with E-state index in [1.807, 2.05) is 75.0 Å². The quantitative estimate of drug-likeness (QED) is 0.155. The van der Waals surface area contributed by atoms with Crippen molar-refractivity contribution in [3.05, 3.63) is 65.2 Å². The molecule has 0 bridgehead atoms. The maximum atomic E-state index is 14.5. The highest BCUT2D eigenvalue weighted by atomic mass is 16.7. The molecule has 17 nitrogen and oxygen atoms in total. The number of aliphatic hydroxyl groups is 5. The number of amides is 1. The average Bonchev–Trinajstić information content (AvgIpc) is 3.75. The largest absolute Gasteiger partial charge is 0.459 e. The number of nitrogens with one attached hydrogen (secondary N) is 1. The maximum absolute atomic E-state index is 14.5. The number of anilines is 1. The predicted molar refractivity (Wildman–Crippen MR) is 273 cm³/mol. The second kappa shape index (κ2) is 24.1. The van der Waals surface area contributed by atoms with Gasteiger partial charge in [-0.3, -0.25) is 14.5 Å². The van der Waals surface area contributed by atoms with Crippen LogP contribution in [-0.2, 0) is 46.2 Å². The Morgan fingerprint density at radius 1 is 0.931 bits per heavy atom. The van der Waals surface area contributed by atoms with E-state index in [-0.39, 0.29) is 37.2 Å². The number of benzene rings is 2. The number of methoxy groups -OCH3 is 1. The summed E-state index contributed by atoms with van der Waals surface area (Å²) in [5.74, 6) is -2.94. The van der Waals surface area contributed by atoms with Gasteiger partial charge in [0.05, 0.1) is 41.5 Å². The van der Waals surface area contributed by atoms with Gasteiger partial charge in [-0.1, -0.05) is 51.1 Å². The number of para-hydroxylation sites is 1. The molecule has 0 saturated carbocycles. The predicted octanol–water partition coefficient (Wildman–Crippen LogP) is 4.26. The fraction of sp³-hybridized carbons (Fsp3) is 0.745. The first-order valence-corrected chi connectivity index (χ1v) is 26.3. The standard InChI is InChI=1S/C55H88N4O13/c1-14-43-55(10,66)47(61)36(6)57(11)30-32(2)28-53(8,65)49(34(4)46(35(5)51(64)70-43)71-44-29-54(9,67-13)48(62)37(7)69-44)72-52-45(60)42(27-33(3)68-52)58(12)31-38-19-21-40(22-20-38)50(63)56-24-26-59-25-23-39-17-15-16-18-41(39)59/h15-22,32-37,42-49,52,60-62,65-66H,14,23-31H2,1-13H3,(H,56,63)/t32-,33-,34+,35-,36-,37+,42+,43-,44+,45-,46+,47-,48+,49-,52+,53-,54-,55-/m1/s1. The lowest BCUT2D eigenvalue weighted by atomic mass is 9.77. The zero-order valence-electron chi connectivity index (χ0n) is 45.2. The number of cyclic esters (lactones) is 1. The number of aliphatic hydroxyl groups excluding tert-OH is 3. The molecular formula is C55H88N4O13. The number of carbonyl (C=O) groups is 2. The van der Waals surface area contributed by atoms with Crippen molar-refractivity contribution in [2.45, 2.75) is 198 Å². The summed E-state index contributed by atoms with van der Waals surface area (Å²) in [6.45, 7) is 20.6. The zero-order valence-corrected chi connectivity index (χ0v) is 45.2. The van der Waals surface area contributed by atoms with Gasteiger partial charge in [0.2, 0.25) is 0 Å². The molecule has 4 aliphatic heterocycles. The van der Waals surface area contributed by atoms with Crippen molar-refractivity contribution in [3.8, 4) is 0 Å². The Bertz CT molecular complexity index is 2080. The molecule has 4 aliphatic rings. The maximum Gasteiger partial charge on any atom is 0.311 e. The summed E-state index contributed by atoms with van der Waals surface area (Å²) in [5.41, 5.74) is -0.487. The van der Waals surface area contributed by atoms with Gasteiger partial charge in [-0.2, -0.15) is 0 Å². The SMILES string of the molecule is CC[C@H]1OC(=O)[C@H](C)[C@@H](O[C@H]2C[C@@](C)(OC)[C@@H](O)[C@H](C)O2)[C@H](C)[C@@H](O[C@@H]2O[C@H](C)C[C@H](N(C)Cc3ccc(C(=O)NCCN4CCc5ccccc54)cc3)[C@H]2O)[C@](C)(O)C[C@@H](C)CN(C)[C@H](C)[C@@H](O)[C@]1(C)O. The Morgan fingerprint density at radius 2 is 1.61 bits per heavy atom. The van der Waals surface area contributed by atoms with Crippen LogP contribution in [0.3, 0.4) is 0 Å². The second-order valence-electron chi connectivity index (χ2n) is 22.4. The molecule has 1 amide bonds. The molecule has 17 heteroatoms. The minimum absolute atomic E-state index is 0.0994. The number of likely N-dealkylation sites (N-methyl/N-ethyl adjacent to an activating group) is 2. The van der Waals surface area contributed by atoms with Crippen LogP contribution in [0.4, 0.5) is 5.69 Å². The third-order valence-corrected chi connectivity index (χ3v) is 16.4. The Balaban J connectivity index is 1.24. The van der Waals surface area contributed by atoms with E-state index in [1.54, 1.807) is 41.5 Å². The summed E-state index contributed by atoms with van der Waals surface area (Å²) in [6, 6.07) is 14.8. The molecule has 406 valence electrons. The van der Waals surface area contributed by atoms with Crippen LogP contribution in [-0.4, -0.2) is 185 Å². The van der Waals surface area contributed by atoms with E-state index in [1.165, 1.54) is 25.3 Å². The summed E-state index contributed by atoms with van der Waals surface area (Å²) in [6.07, 6.45) is -8.13. The first-order chi connectivity index (χ1) is 33.8. The summed E-state index contributed by atoms with van der Waals surface area (Å²) in [7, 11) is 5.27. The van der Waals surface area contributed by atoms with Crippen molar-refractivity contribution >= 4 is 17.6 Å². The summed E-state index contributed by atoms with van der Waals surface area (Å²) in [4.78, 5) is 33.9. The number of nitrogens with zero attached hydrogens (tertiary/aromatic N) is 3. The normalized spacial score (nSPS) is 39.7. The fourth-order valence-electron chi connectivity index (χ4n) is 11.9. The Labute approximate surface area is 428 Å². The highest BCUT2D eigenvalue weighted by Crippen LogP contribution is 2.40. The molecule has 6 rings (SSSR count). The summed E-state index contributed by atoms with van der Waals surface area (Å²) in [5, 5.41) is 62.8. The number of hydrogen-bond acceptors (Lipinski definition) is 16. The van der Waals surface area contributed by atoms with E-state index >= 15 is 0 Å². The number of carbonyl (C=O) groups excluding carboxylic acids is 2. The van der Waals surface area contributed by atoms with Gasteiger partial charge in [0.25, 0.3) is 5.91 Å². The molecule has 0 aromatic heterocycles. The molecule has 0 spiro atoms. The van der Waals surface area contributed by atoms with E-state index in [0.717, 1.165) is 25.1 Å². The fourth-order valence-corrected chi connectivity index (χ4v) is 11.9. The van der Waals surface area contributed by atoms with Crippen LogP contribution in [0.1, 0.15) is 116 Å². The number of ether oxygens (including phenoxy) is 6. The summed E-state index contributed by atoms with van der Waals surface area (Å²) >= 11 is 0. The molecule has 6 N–H and O–H groups in total. The van der Waals surface area contributed by atoms with Crippen molar-refractivity contribution in [3.63, 3.8) is 0 Å². The molecule has 18 atom stereocenters. The van der Waals surface area contributed by atoms with Gasteiger partial charge in [-0.25, -0.2) is 0 Å². The highest BCUT2D eigenvalue weighted by Gasteiger charge is 2.53. The Kier molecular flexibility index (Phi) is 19.4. The number of esters is 1. The summed E-state index contributed by atoms with van der Waals surface area (Å²) < 4.78 is 38.3. The molecule has 2 aromatic carbocycles.